The molecule has 1 fully saturated rings. The Morgan fingerprint density at radius 2 is 1.29 bits per heavy atom. The van der Waals surface area contributed by atoms with Crippen LogP contribution < -0.4 is 0 Å². The van der Waals surface area contributed by atoms with Crippen molar-refractivity contribution in [1.82, 2.24) is 9.80 Å². The summed E-state index contributed by atoms with van der Waals surface area (Å²) in [6.07, 6.45) is 2.26. The predicted molar refractivity (Wildman–Crippen MR) is 59.3 cm³/mol. The fourth-order valence-corrected chi connectivity index (χ4v) is 2.49. The molecule has 0 aromatic rings. The first kappa shape index (κ1) is 12.0. The molecule has 2 unspecified atom stereocenters. The Hall–Kier alpha value is -0.120. The Morgan fingerprint density at radius 3 is 1.57 bits per heavy atom. The second-order valence-corrected chi connectivity index (χ2v) is 5.11. The van der Waals surface area contributed by atoms with E-state index in [9.17, 15) is 5.11 Å². The average Bonchev–Trinajstić information content (AvgIpc) is 2.34. The van der Waals surface area contributed by atoms with Crippen LogP contribution in [0.5, 0.6) is 0 Å². The topological polar surface area (TPSA) is 26.7 Å². The minimum absolute atomic E-state index is 0.0974. The third-order valence-electron chi connectivity index (χ3n) is 3.07. The number of aliphatic hydroxyl groups excluding tert-OH is 1. The summed E-state index contributed by atoms with van der Waals surface area (Å²) in [4.78, 5) is 4.35. The number of hydrogen-bond donors (Lipinski definition) is 1. The van der Waals surface area contributed by atoms with Gasteiger partial charge in [0.1, 0.15) is 0 Å². The van der Waals surface area contributed by atoms with E-state index in [4.69, 9.17) is 0 Å². The van der Waals surface area contributed by atoms with E-state index < -0.39 is 0 Å². The van der Waals surface area contributed by atoms with Crippen molar-refractivity contribution in [2.24, 2.45) is 11.8 Å². The molecule has 2 atom stereocenters. The van der Waals surface area contributed by atoms with E-state index in [1.807, 2.05) is 0 Å². The lowest BCUT2D eigenvalue weighted by atomic mass is 10.0. The second-order valence-electron chi connectivity index (χ2n) is 5.11. The summed E-state index contributed by atoms with van der Waals surface area (Å²) in [5, 5.41) is 10.1. The van der Waals surface area contributed by atoms with Crippen LogP contribution in [0, 0.1) is 11.8 Å². The molecule has 84 valence electrons. The van der Waals surface area contributed by atoms with E-state index in [1.165, 1.54) is 12.8 Å². The van der Waals surface area contributed by atoms with Crippen molar-refractivity contribution >= 4 is 0 Å². The highest BCUT2D eigenvalue weighted by Gasteiger charge is 2.34. The van der Waals surface area contributed by atoms with Crippen molar-refractivity contribution in [3.63, 3.8) is 0 Å². The molecule has 1 saturated carbocycles. The monoisotopic (exact) mass is 200 g/mol. The predicted octanol–water partition coefficient (Wildman–Crippen LogP) is 0.497. The summed E-state index contributed by atoms with van der Waals surface area (Å²) in [6, 6.07) is 0. The van der Waals surface area contributed by atoms with Crippen LogP contribution in [-0.4, -0.2) is 62.3 Å². The normalized spacial score (nSPS) is 33.2. The van der Waals surface area contributed by atoms with Crippen molar-refractivity contribution < 1.29 is 5.11 Å². The number of nitrogens with zero attached hydrogens (tertiary/aromatic N) is 2. The van der Waals surface area contributed by atoms with Crippen molar-refractivity contribution in [1.29, 1.82) is 0 Å². The highest BCUT2D eigenvalue weighted by Crippen LogP contribution is 2.31. The Balaban J connectivity index is 2.38. The zero-order chi connectivity index (χ0) is 10.7. The average molecular weight is 200 g/mol. The first-order valence-corrected chi connectivity index (χ1v) is 5.48. The SMILES string of the molecule is CN(C)CC1CCC(CN(C)C)C1O. The van der Waals surface area contributed by atoms with E-state index >= 15 is 0 Å². The van der Waals surface area contributed by atoms with Gasteiger partial charge in [-0.15, -0.1) is 0 Å². The third kappa shape index (κ3) is 3.23. The summed E-state index contributed by atoms with van der Waals surface area (Å²) in [6.45, 7) is 2.04. The molecule has 0 spiro atoms. The zero-order valence-corrected chi connectivity index (χ0v) is 9.90. The van der Waals surface area contributed by atoms with Gasteiger partial charge in [-0.2, -0.15) is 0 Å². The second kappa shape index (κ2) is 5.10. The van der Waals surface area contributed by atoms with Crippen LogP contribution in [0.25, 0.3) is 0 Å². The zero-order valence-electron chi connectivity index (χ0n) is 9.90. The van der Waals surface area contributed by atoms with Crippen LogP contribution in [0.1, 0.15) is 12.8 Å². The summed E-state index contributed by atoms with van der Waals surface area (Å²) in [5.41, 5.74) is 0. The maximum absolute atomic E-state index is 10.1. The molecular formula is C11H24N2O. The molecule has 0 aliphatic heterocycles. The van der Waals surface area contributed by atoms with E-state index in [1.54, 1.807) is 0 Å². The first-order valence-electron chi connectivity index (χ1n) is 5.48. The molecular weight excluding hydrogens is 176 g/mol. The van der Waals surface area contributed by atoms with Crippen LogP contribution in [0.2, 0.25) is 0 Å². The van der Waals surface area contributed by atoms with Crippen LogP contribution in [0.3, 0.4) is 0 Å². The Kier molecular flexibility index (Phi) is 4.35. The lowest BCUT2D eigenvalue weighted by Gasteiger charge is -2.24. The number of aliphatic hydroxyl groups is 1. The molecule has 14 heavy (non-hydrogen) atoms. The largest absolute Gasteiger partial charge is 0.392 e. The summed E-state index contributed by atoms with van der Waals surface area (Å²) >= 11 is 0. The highest BCUT2D eigenvalue weighted by atomic mass is 16.3. The van der Waals surface area contributed by atoms with Gasteiger partial charge in [-0.25, -0.2) is 0 Å². The van der Waals surface area contributed by atoms with E-state index in [2.05, 4.69) is 38.0 Å². The molecule has 1 aliphatic rings. The van der Waals surface area contributed by atoms with Crippen molar-refractivity contribution in [3.05, 3.63) is 0 Å². The molecule has 0 bridgehead atoms. The molecule has 0 amide bonds. The van der Waals surface area contributed by atoms with Gasteiger partial charge in [-0.05, 0) is 52.9 Å². The number of hydrogen-bond acceptors (Lipinski definition) is 3. The molecule has 0 aromatic heterocycles. The fraction of sp³-hybridized carbons (Fsp3) is 1.00. The van der Waals surface area contributed by atoms with Gasteiger partial charge in [0.15, 0.2) is 0 Å². The third-order valence-corrected chi connectivity index (χ3v) is 3.07. The Bertz CT molecular complexity index is 153. The molecule has 0 radical (unpaired) electrons. The van der Waals surface area contributed by atoms with Gasteiger partial charge in [0.25, 0.3) is 0 Å². The van der Waals surface area contributed by atoms with Crippen LogP contribution >= 0.6 is 0 Å². The lowest BCUT2D eigenvalue weighted by molar-refractivity contribution is 0.0682. The van der Waals surface area contributed by atoms with E-state index in [0.29, 0.717) is 11.8 Å². The smallest absolute Gasteiger partial charge is 0.0620 e. The molecule has 1 aliphatic carbocycles. The number of rotatable bonds is 4. The molecule has 3 heteroatoms. The minimum atomic E-state index is -0.0974. The highest BCUT2D eigenvalue weighted by molar-refractivity contribution is 4.86. The van der Waals surface area contributed by atoms with Gasteiger partial charge in [-0.1, -0.05) is 0 Å². The first-order chi connectivity index (χ1) is 6.50. The van der Waals surface area contributed by atoms with Crippen LogP contribution in [0.15, 0.2) is 0 Å². The Labute approximate surface area is 87.7 Å². The van der Waals surface area contributed by atoms with E-state index in [0.717, 1.165) is 13.1 Å². The van der Waals surface area contributed by atoms with Gasteiger partial charge in [0.05, 0.1) is 6.10 Å². The van der Waals surface area contributed by atoms with Crippen molar-refractivity contribution in [2.75, 3.05) is 41.3 Å². The molecule has 3 nitrogen and oxygen atoms in total. The van der Waals surface area contributed by atoms with Gasteiger partial charge in [0, 0.05) is 13.1 Å². The van der Waals surface area contributed by atoms with Crippen molar-refractivity contribution in [2.45, 2.75) is 18.9 Å². The quantitative estimate of drug-likeness (QED) is 0.716. The van der Waals surface area contributed by atoms with Gasteiger partial charge >= 0.3 is 0 Å². The minimum Gasteiger partial charge on any atom is -0.392 e. The lowest BCUT2D eigenvalue weighted by Crippen LogP contribution is -2.33. The maximum atomic E-state index is 10.1. The van der Waals surface area contributed by atoms with Crippen LogP contribution in [0.4, 0.5) is 0 Å². The molecule has 1 N–H and O–H groups in total. The molecule has 0 aromatic carbocycles. The molecule has 1 rings (SSSR count). The molecule has 0 saturated heterocycles. The Morgan fingerprint density at radius 1 is 0.929 bits per heavy atom. The fourth-order valence-electron chi connectivity index (χ4n) is 2.49. The van der Waals surface area contributed by atoms with Gasteiger partial charge in [0.2, 0.25) is 0 Å². The van der Waals surface area contributed by atoms with Crippen molar-refractivity contribution in [3.8, 4) is 0 Å². The van der Waals surface area contributed by atoms with Crippen LogP contribution in [-0.2, 0) is 0 Å². The summed E-state index contributed by atoms with van der Waals surface area (Å²) in [7, 11) is 8.30. The van der Waals surface area contributed by atoms with Gasteiger partial charge in [-0.3, -0.25) is 0 Å². The maximum Gasteiger partial charge on any atom is 0.0620 e. The summed E-state index contributed by atoms with van der Waals surface area (Å²) < 4.78 is 0. The van der Waals surface area contributed by atoms with Gasteiger partial charge < -0.3 is 14.9 Å². The summed E-state index contributed by atoms with van der Waals surface area (Å²) in [5.74, 6) is 0.963. The standard InChI is InChI=1S/C11H24N2O/c1-12(2)7-9-5-6-10(11(9)14)8-13(3)4/h9-11,14H,5-8H2,1-4H3. The molecule has 0 heterocycles. The van der Waals surface area contributed by atoms with E-state index in [-0.39, 0.29) is 6.10 Å².